The summed E-state index contributed by atoms with van der Waals surface area (Å²) in [7, 11) is 0. The standard InChI is InChI=1S/C12H17NO3/c14-12(6-5-10-3-1-7-15-10)13-9-11-4-2-8-16-11/h1,3,7,11H,2,4-6,8-9H2,(H,13,14)/t11-/m0/s1. The number of carbonyl (C=O) groups is 1. The zero-order chi connectivity index (χ0) is 11.2. The van der Waals surface area contributed by atoms with E-state index in [-0.39, 0.29) is 12.0 Å². The number of nitrogens with one attached hydrogen (secondary N) is 1. The summed E-state index contributed by atoms with van der Waals surface area (Å²) in [6.45, 7) is 1.46. The van der Waals surface area contributed by atoms with Crippen molar-refractivity contribution in [1.29, 1.82) is 0 Å². The molecule has 1 aromatic rings. The summed E-state index contributed by atoms with van der Waals surface area (Å²) >= 11 is 0. The van der Waals surface area contributed by atoms with Gasteiger partial charge in [0.05, 0.1) is 12.4 Å². The molecule has 1 amide bonds. The maximum Gasteiger partial charge on any atom is 0.220 e. The minimum Gasteiger partial charge on any atom is -0.469 e. The van der Waals surface area contributed by atoms with Gasteiger partial charge in [0.2, 0.25) is 5.91 Å². The lowest BCUT2D eigenvalue weighted by molar-refractivity contribution is -0.121. The van der Waals surface area contributed by atoms with Gasteiger partial charge in [-0.1, -0.05) is 0 Å². The molecular weight excluding hydrogens is 206 g/mol. The van der Waals surface area contributed by atoms with Gasteiger partial charge in [0, 0.05) is 26.0 Å². The Balaban J connectivity index is 1.60. The maximum absolute atomic E-state index is 11.5. The van der Waals surface area contributed by atoms with Gasteiger partial charge in [-0.05, 0) is 25.0 Å². The van der Waals surface area contributed by atoms with E-state index in [9.17, 15) is 4.79 Å². The summed E-state index contributed by atoms with van der Waals surface area (Å²) in [6, 6.07) is 3.72. The van der Waals surface area contributed by atoms with Crippen LogP contribution in [0.15, 0.2) is 22.8 Å². The molecule has 0 saturated carbocycles. The monoisotopic (exact) mass is 223 g/mol. The summed E-state index contributed by atoms with van der Waals surface area (Å²) in [5.74, 6) is 0.916. The summed E-state index contributed by atoms with van der Waals surface area (Å²) in [5.41, 5.74) is 0. The van der Waals surface area contributed by atoms with Crippen LogP contribution in [-0.2, 0) is 16.0 Å². The Hall–Kier alpha value is -1.29. The number of furan rings is 1. The van der Waals surface area contributed by atoms with E-state index < -0.39 is 0 Å². The molecule has 1 atom stereocenters. The molecule has 0 aliphatic carbocycles. The van der Waals surface area contributed by atoms with Gasteiger partial charge in [-0.15, -0.1) is 0 Å². The topological polar surface area (TPSA) is 51.5 Å². The van der Waals surface area contributed by atoms with Gasteiger partial charge in [-0.3, -0.25) is 4.79 Å². The van der Waals surface area contributed by atoms with Gasteiger partial charge in [-0.25, -0.2) is 0 Å². The summed E-state index contributed by atoms with van der Waals surface area (Å²) in [6.07, 6.45) is 5.13. The van der Waals surface area contributed by atoms with Gasteiger partial charge in [0.1, 0.15) is 5.76 Å². The molecule has 4 nitrogen and oxygen atoms in total. The molecule has 0 bridgehead atoms. The third kappa shape index (κ3) is 3.38. The van der Waals surface area contributed by atoms with Gasteiger partial charge >= 0.3 is 0 Å². The molecule has 4 heteroatoms. The van der Waals surface area contributed by atoms with Gasteiger partial charge in [0.25, 0.3) is 0 Å². The fourth-order valence-corrected chi connectivity index (χ4v) is 1.81. The number of aryl methyl sites for hydroxylation is 1. The highest BCUT2D eigenvalue weighted by molar-refractivity contribution is 5.76. The van der Waals surface area contributed by atoms with Crippen LogP contribution in [0.1, 0.15) is 25.0 Å². The first-order valence-corrected chi connectivity index (χ1v) is 5.75. The highest BCUT2D eigenvalue weighted by Crippen LogP contribution is 2.10. The first-order chi connectivity index (χ1) is 7.84. The molecular formula is C12H17NO3. The molecule has 2 rings (SSSR count). The van der Waals surface area contributed by atoms with E-state index in [1.54, 1.807) is 6.26 Å². The van der Waals surface area contributed by atoms with Crippen molar-refractivity contribution in [3.63, 3.8) is 0 Å². The molecule has 1 N–H and O–H groups in total. The van der Waals surface area contributed by atoms with E-state index in [0.29, 0.717) is 19.4 Å². The van der Waals surface area contributed by atoms with Crippen LogP contribution in [-0.4, -0.2) is 25.2 Å². The van der Waals surface area contributed by atoms with E-state index in [1.165, 1.54) is 0 Å². The fraction of sp³-hybridized carbons (Fsp3) is 0.583. The second-order valence-electron chi connectivity index (χ2n) is 4.02. The SMILES string of the molecule is O=C(CCc1ccco1)NC[C@@H]1CCCO1. The summed E-state index contributed by atoms with van der Waals surface area (Å²) in [5, 5.41) is 2.88. The first-order valence-electron chi connectivity index (χ1n) is 5.75. The summed E-state index contributed by atoms with van der Waals surface area (Å²) < 4.78 is 10.6. The minimum atomic E-state index is 0.0619. The number of amides is 1. The Morgan fingerprint density at radius 1 is 1.56 bits per heavy atom. The van der Waals surface area contributed by atoms with E-state index in [1.807, 2.05) is 12.1 Å². The van der Waals surface area contributed by atoms with Crippen molar-refractivity contribution in [2.24, 2.45) is 0 Å². The highest BCUT2D eigenvalue weighted by atomic mass is 16.5. The average Bonchev–Trinajstić information content (AvgIpc) is 2.96. The van der Waals surface area contributed by atoms with Gasteiger partial charge in [0.15, 0.2) is 0 Å². The lowest BCUT2D eigenvalue weighted by atomic mass is 10.2. The van der Waals surface area contributed by atoms with Crippen molar-refractivity contribution in [2.45, 2.75) is 31.8 Å². The Morgan fingerprint density at radius 2 is 2.50 bits per heavy atom. The largest absolute Gasteiger partial charge is 0.469 e. The van der Waals surface area contributed by atoms with Crippen LogP contribution >= 0.6 is 0 Å². The Morgan fingerprint density at radius 3 is 3.19 bits per heavy atom. The normalized spacial score (nSPS) is 19.9. The van der Waals surface area contributed by atoms with Crippen LogP contribution in [0.5, 0.6) is 0 Å². The third-order valence-electron chi connectivity index (χ3n) is 2.73. The van der Waals surface area contributed by atoms with Crippen molar-refractivity contribution in [3.05, 3.63) is 24.2 Å². The van der Waals surface area contributed by atoms with E-state index in [2.05, 4.69) is 5.32 Å². The van der Waals surface area contributed by atoms with Gasteiger partial charge in [-0.2, -0.15) is 0 Å². The van der Waals surface area contributed by atoms with Crippen LogP contribution < -0.4 is 5.32 Å². The zero-order valence-electron chi connectivity index (χ0n) is 9.28. The zero-order valence-corrected chi connectivity index (χ0v) is 9.28. The average molecular weight is 223 g/mol. The van der Waals surface area contributed by atoms with E-state index >= 15 is 0 Å². The number of hydrogen-bond donors (Lipinski definition) is 1. The Bertz CT molecular complexity index is 315. The van der Waals surface area contributed by atoms with Crippen molar-refractivity contribution < 1.29 is 13.9 Å². The molecule has 0 aromatic carbocycles. The molecule has 0 spiro atoms. The van der Waals surface area contributed by atoms with Crippen LogP contribution in [0.3, 0.4) is 0 Å². The van der Waals surface area contributed by atoms with E-state index in [0.717, 1.165) is 25.2 Å². The number of hydrogen-bond acceptors (Lipinski definition) is 3. The molecule has 0 radical (unpaired) electrons. The fourth-order valence-electron chi connectivity index (χ4n) is 1.81. The molecule has 88 valence electrons. The van der Waals surface area contributed by atoms with Crippen LogP contribution in [0.25, 0.3) is 0 Å². The number of carbonyl (C=O) groups excluding carboxylic acids is 1. The van der Waals surface area contributed by atoms with Crippen LogP contribution in [0, 0.1) is 0 Å². The second kappa shape index (κ2) is 5.70. The molecule has 1 aliphatic heterocycles. The lowest BCUT2D eigenvalue weighted by Gasteiger charge is -2.10. The Kier molecular flexibility index (Phi) is 3.99. The van der Waals surface area contributed by atoms with Crippen molar-refractivity contribution in [1.82, 2.24) is 5.32 Å². The quantitative estimate of drug-likeness (QED) is 0.823. The molecule has 2 heterocycles. The molecule has 1 aliphatic rings. The van der Waals surface area contributed by atoms with E-state index in [4.69, 9.17) is 9.15 Å². The number of ether oxygens (including phenoxy) is 1. The lowest BCUT2D eigenvalue weighted by Crippen LogP contribution is -2.31. The predicted octanol–water partition coefficient (Wildman–Crippen LogP) is 1.51. The molecule has 1 saturated heterocycles. The summed E-state index contributed by atoms with van der Waals surface area (Å²) in [4.78, 5) is 11.5. The van der Waals surface area contributed by atoms with Crippen molar-refractivity contribution in [3.8, 4) is 0 Å². The highest BCUT2D eigenvalue weighted by Gasteiger charge is 2.15. The molecule has 1 aromatic heterocycles. The first kappa shape index (κ1) is 11.2. The third-order valence-corrected chi connectivity index (χ3v) is 2.73. The van der Waals surface area contributed by atoms with Crippen molar-refractivity contribution >= 4 is 5.91 Å². The van der Waals surface area contributed by atoms with Crippen LogP contribution in [0.4, 0.5) is 0 Å². The molecule has 1 fully saturated rings. The predicted molar refractivity (Wildman–Crippen MR) is 59.0 cm³/mol. The second-order valence-corrected chi connectivity index (χ2v) is 4.02. The number of rotatable bonds is 5. The van der Waals surface area contributed by atoms with Crippen molar-refractivity contribution in [2.75, 3.05) is 13.2 Å². The van der Waals surface area contributed by atoms with Gasteiger partial charge < -0.3 is 14.5 Å². The smallest absolute Gasteiger partial charge is 0.220 e. The minimum absolute atomic E-state index is 0.0619. The Labute approximate surface area is 95.0 Å². The molecule has 0 unspecified atom stereocenters. The maximum atomic E-state index is 11.5. The van der Waals surface area contributed by atoms with Crippen LogP contribution in [0.2, 0.25) is 0 Å². The molecule has 16 heavy (non-hydrogen) atoms.